The molecule has 3 aromatic rings. The standard InChI is InChI=1S/C18H18N4S/c1-2-6-16-14(5-1)18(20-23-16)22-10-8-13-11-21(12-15(13)22)17-7-3-4-9-19-17/h1-7,9,13,15H,8,10-12H2. The Bertz CT molecular complexity index is 831. The van der Waals surface area contributed by atoms with Crippen LogP contribution in [0.5, 0.6) is 0 Å². The van der Waals surface area contributed by atoms with Crippen molar-refractivity contribution in [2.45, 2.75) is 12.5 Å². The SMILES string of the molecule is c1ccc(N2CC3CCN(c4nsc5ccccc45)C3C2)nc1. The van der Waals surface area contributed by atoms with Crippen LogP contribution in [-0.2, 0) is 0 Å². The Kier molecular flexibility index (Phi) is 3.01. The van der Waals surface area contributed by atoms with Gasteiger partial charge in [-0.15, -0.1) is 0 Å². The van der Waals surface area contributed by atoms with Crippen molar-refractivity contribution in [1.29, 1.82) is 0 Å². The number of hydrogen-bond donors (Lipinski definition) is 0. The lowest BCUT2D eigenvalue weighted by molar-refractivity contribution is 0.580. The number of nitrogens with zero attached hydrogens (tertiary/aromatic N) is 4. The van der Waals surface area contributed by atoms with Crippen molar-refractivity contribution in [2.75, 3.05) is 29.4 Å². The first-order valence-corrected chi connectivity index (χ1v) is 8.94. The van der Waals surface area contributed by atoms with Crippen LogP contribution in [0.3, 0.4) is 0 Å². The summed E-state index contributed by atoms with van der Waals surface area (Å²) in [5.74, 6) is 3.00. The van der Waals surface area contributed by atoms with Gasteiger partial charge in [-0.3, -0.25) is 0 Å². The first-order valence-electron chi connectivity index (χ1n) is 8.17. The van der Waals surface area contributed by atoms with Gasteiger partial charge in [0.15, 0.2) is 0 Å². The van der Waals surface area contributed by atoms with E-state index in [1.54, 1.807) is 11.5 Å². The van der Waals surface area contributed by atoms with Crippen molar-refractivity contribution in [3.8, 4) is 0 Å². The number of aromatic nitrogens is 2. The fourth-order valence-corrected chi connectivity index (χ4v) is 4.82. The lowest BCUT2D eigenvalue weighted by Gasteiger charge is -2.25. The van der Waals surface area contributed by atoms with Crippen LogP contribution < -0.4 is 9.80 Å². The highest BCUT2D eigenvalue weighted by Crippen LogP contribution is 2.39. The molecule has 2 atom stereocenters. The second-order valence-electron chi connectivity index (χ2n) is 6.40. The maximum atomic E-state index is 4.77. The quantitative estimate of drug-likeness (QED) is 0.724. The Morgan fingerprint density at radius 1 is 1.04 bits per heavy atom. The number of anilines is 2. The molecule has 2 aromatic heterocycles. The summed E-state index contributed by atoms with van der Waals surface area (Å²) in [6.07, 6.45) is 3.13. The molecule has 0 N–H and O–H groups in total. The summed E-state index contributed by atoms with van der Waals surface area (Å²) in [6, 6.07) is 15.3. The summed E-state index contributed by atoms with van der Waals surface area (Å²) >= 11 is 1.61. The molecule has 2 aliphatic rings. The number of rotatable bonds is 2. The Hall–Kier alpha value is -2.14. The smallest absolute Gasteiger partial charge is 0.150 e. The molecule has 4 heterocycles. The minimum absolute atomic E-state index is 0.558. The minimum Gasteiger partial charge on any atom is -0.354 e. The van der Waals surface area contributed by atoms with Crippen LogP contribution in [0.2, 0.25) is 0 Å². The molecule has 0 spiro atoms. The molecular weight excluding hydrogens is 304 g/mol. The van der Waals surface area contributed by atoms with Gasteiger partial charge in [-0.25, -0.2) is 4.98 Å². The molecular formula is C18H18N4S. The van der Waals surface area contributed by atoms with Gasteiger partial charge in [-0.2, -0.15) is 4.37 Å². The normalized spacial score (nSPS) is 23.7. The molecule has 1 aromatic carbocycles. The van der Waals surface area contributed by atoms with Gasteiger partial charge in [0.2, 0.25) is 0 Å². The van der Waals surface area contributed by atoms with E-state index >= 15 is 0 Å². The van der Waals surface area contributed by atoms with E-state index in [2.05, 4.69) is 51.2 Å². The molecule has 4 nitrogen and oxygen atoms in total. The monoisotopic (exact) mass is 322 g/mol. The maximum absolute atomic E-state index is 4.77. The molecule has 2 unspecified atom stereocenters. The summed E-state index contributed by atoms with van der Waals surface area (Å²) in [4.78, 5) is 9.48. The van der Waals surface area contributed by atoms with Crippen molar-refractivity contribution in [3.63, 3.8) is 0 Å². The van der Waals surface area contributed by atoms with Crippen molar-refractivity contribution in [1.82, 2.24) is 9.36 Å². The molecule has 116 valence electrons. The molecule has 0 saturated carbocycles. The molecule has 23 heavy (non-hydrogen) atoms. The highest BCUT2D eigenvalue weighted by Gasteiger charge is 2.42. The van der Waals surface area contributed by atoms with E-state index in [0.29, 0.717) is 6.04 Å². The van der Waals surface area contributed by atoms with Gasteiger partial charge in [0.1, 0.15) is 11.6 Å². The molecule has 2 saturated heterocycles. The summed E-state index contributed by atoms with van der Waals surface area (Å²) in [5.41, 5.74) is 0. The molecule has 0 aliphatic carbocycles. The van der Waals surface area contributed by atoms with E-state index < -0.39 is 0 Å². The minimum atomic E-state index is 0.558. The molecule has 0 amide bonds. The van der Waals surface area contributed by atoms with Crippen LogP contribution in [0.4, 0.5) is 11.6 Å². The zero-order valence-electron chi connectivity index (χ0n) is 12.8. The summed E-state index contributed by atoms with van der Waals surface area (Å²) < 4.78 is 6.05. The second kappa shape index (κ2) is 5.20. The van der Waals surface area contributed by atoms with Gasteiger partial charge < -0.3 is 9.80 Å². The largest absolute Gasteiger partial charge is 0.354 e. The van der Waals surface area contributed by atoms with Crippen molar-refractivity contribution in [3.05, 3.63) is 48.7 Å². The van der Waals surface area contributed by atoms with Gasteiger partial charge >= 0.3 is 0 Å². The van der Waals surface area contributed by atoms with Gasteiger partial charge in [-0.05, 0) is 42.2 Å². The van der Waals surface area contributed by atoms with E-state index in [1.807, 2.05) is 12.3 Å². The molecule has 0 bridgehead atoms. The predicted molar refractivity (Wildman–Crippen MR) is 95.3 cm³/mol. The van der Waals surface area contributed by atoms with Crippen LogP contribution in [0, 0.1) is 5.92 Å². The zero-order chi connectivity index (χ0) is 15.2. The number of pyridine rings is 1. The number of fused-ring (bicyclic) bond motifs is 2. The van der Waals surface area contributed by atoms with Crippen LogP contribution >= 0.6 is 11.5 Å². The lowest BCUT2D eigenvalue weighted by Crippen LogP contribution is -2.35. The van der Waals surface area contributed by atoms with Crippen LogP contribution in [0.15, 0.2) is 48.7 Å². The Labute approximate surface area is 139 Å². The number of benzene rings is 1. The fraction of sp³-hybridized carbons (Fsp3) is 0.333. The number of hydrogen-bond acceptors (Lipinski definition) is 5. The van der Waals surface area contributed by atoms with Crippen LogP contribution in [-0.4, -0.2) is 35.0 Å². The Morgan fingerprint density at radius 2 is 1.96 bits per heavy atom. The Balaban J connectivity index is 1.46. The van der Waals surface area contributed by atoms with Crippen LogP contribution in [0.1, 0.15) is 6.42 Å². The third-order valence-corrected chi connectivity index (χ3v) is 5.97. The third-order valence-electron chi connectivity index (χ3n) is 5.15. The summed E-state index contributed by atoms with van der Waals surface area (Å²) in [7, 11) is 0. The topological polar surface area (TPSA) is 32.3 Å². The van der Waals surface area contributed by atoms with E-state index in [1.165, 1.54) is 22.3 Å². The van der Waals surface area contributed by atoms with E-state index in [4.69, 9.17) is 4.37 Å². The molecule has 5 heteroatoms. The zero-order valence-corrected chi connectivity index (χ0v) is 13.6. The first-order chi connectivity index (χ1) is 11.4. The van der Waals surface area contributed by atoms with E-state index in [-0.39, 0.29) is 0 Å². The fourth-order valence-electron chi connectivity index (χ4n) is 4.03. The summed E-state index contributed by atoms with van der Waals surface area (Å²) in [6.45, 7) is 3.28. The van der Waals surface area contributed by atoms with E-state index in [0.717, 1.165) is 31.4 Å². The van der Waals surface area contributed by atoms with Crippen molar-refractivity contribution < 1.29 is 0 Å². The Morgan fingerprint density at radius 3 is 2.87 bits per heavy atom. The molecule has 2 aliphatic heterocycles. The molecule has 2 fully saturated rings. The van der Waals surface area contributed by atoms with Gasteiger partial charge in [0.05, 0.1) is 10.7 Å². The average Bonchev–Trinajstić information content (AvgIpc) is 3.29. The lowest BCUT2D eigenvalue weighted by atomic mass is 10.1. The highest BCUT2D eigenvalue weighted by molar-refractivity contribution is 7.13. The summed E-state index contributed by atoms with van der Waals surface area (Å²) in [5, 5.41) is 1.30. The first kappa shape index (κ1) is 13.3. The molecule has 5 rings (SSSR count). The second-order valence-corrected chi connectivity index (χ2v) is 7.21. The van der Waals surface area contributed by atoms with Gasteiger partial charge in [0, 0.05) is 37.1 Å². The van der Waals surface area contributed by atoms with Crippen molar-refractivity contribution >= 4 is 33.3 Å². The third kappa shape index (κ3) is 2.10. The average molecular weight is 322 g/mol. The predicted octanol–water partition coefficient (Wildman–Crippen LogP) is 3.41. The molecule has 0 radical (unpaired) electrons. The van der Waals surface area contributed by atoms with Gasteiger partial charge in [0.25, 0.3) is 0 Å². The van der Waals surface area contributed by atoms with E-state index in [9.17, 15) is 0 Å². The van der Waals surface area contributed by atoms with Crippen LogP contribution in [0.25, 0.3) is 10.1 Å². The van der Waals surface area contributed by atoms with Crippen molar-refractivity contribution in [2.24, 2.45) is 5.92 Å². The maximum Gasteiger partial charge on any atom is 0.150 e. The van der Waals surface area contributed by atoms with Gasteiger partial charge in [-0.1, -0.05) is 18.2 Å². The highest BCUT2D eigenvalue weighted by atomic mass is 32.1.